The third-order valence-electron chi connectivity index (χ3n) is 3.76. The molecule has 6 nitrogen and oxygen atoms in total. The van der Waals surface area contributed by atoms with E-state index < -0.39 is 0 Å². The van der Waals surface area contributed by atoms with Gasteiger partial charge in [0.1, 0.15) is 5.82 Å². The molecule has 0 aliphatic carbocycles. The van der Waals surface area contributed by atoms with Crippen LogP contribution < -0.4 is 10.2 Å². The first-order chi connectivity index (χ1) is 11.2. The monoisotopic (exact) mass is 315 g/mol. The van der Waals surface area contributed by atoms with Crippen molar-refractivity contribution in [3.63, 3.8) is 0 Å². The molecule has 7 heteroatoms. The van der Waals surface area contributed by atoms with E-state index in [1.54, 1.807) is 30.6 Å². The van der Waals surface area contributed by atoms with Crippen LogP contribution in [0.3, 0.4) is 0 Å². The molecule has 1 saturated heterocycles. The van der Waals surface area contributed by atoms with Gasteiger partial charge in [0.15, 0.2) is 0 Å². The van der Waals surface area contributed by atoms with Gasteiger partial charge in [-0.1, -0.05) is 0 Å². The van der Waals surface area contributed by atoms with E-state index in [1.165, 1.54) is 12.1 Å². The van der Waals surface area contributed by atoms with Crippen LogP contribution in [0.25, 0.3) is 0 Å². The summed E-state index contributed by atoms with van der Waals surface area (Å²) >= 11 is 0. The van der Waals surface area contributed by atoms with E-state index in [4.69, 9.17) is 0 Å². The molecule has 0 atom stereocenters. The summed E-state index contributed by atoms with van der Waals surface area (Å²) in [5.41, 5.74) is 0.732. The van der Waals surface area contributed by atoms with Crippen LogP contribution in [0, 0.1) is 5.82 Å². The molecule has 2 aromatic rings. The number of aromatic nitrogens is 2. The predicted octanol–water partition coefficient (Wildman–Crippen LogP) is 1.38. The summed E-state index contributed by atoms with van der Waals surface area (Å²) in [5.74, 6) is 0.438. The van der Waals surface area contributed by atoms with E-state index in [9.17, 15) is 9.18 Å². The van der Waals surface area contributed by atoms with Gasteiger partial charge in [-0.05, 0) is 30.3 Å². The van der Waals surface area contributed by atoms with Crippen molar-refractivity contribution >= 4 is 17.5 Å². The van der Waals surface area contributed by atoms with Crippen LogP contribution in [0.2, 0.25) is 0 Å². The second-order valence-corrected chi connectivity index (χ2v) is 5.28. The molecule has 23 heavy (non-hydrogen) atoms. The van der Waals surface area contributed by atoms with Gasteiger partial charge >= 0.3 is 0 Å². The molecule has 3 rings (SSSR count). The van der Waals surface area contributed by atoms with Gasteiger partial charge in [0, 0.05) is 44.3 Å². The van der Waals surface area contributed by atoms with Crippen molar-refractivity contribution in [1.29, 1.82) is 0 Å². The highest BCUT2D eigenvalue weighted by atomic mass is 19.1. The molecule has 1 N–H and O–H groups in total. The maximum absolute atomic E-state index is 12.8. The molecular weight excluding hydrogens is 297 g/mol. The Kier molecular flexibility index (Phi) is 4.65. The van der Waals surface area contributed by atoms with Crippen molar-refractivity contribution in [2.75, 3.05) is 42.9 Å². The number of halogens is 1. The number of rotatable bonds is 4. The van der Waals surface area contributed by atoms with Crippen molar-refractivity contribution in [2.24, 2.45) is 0 Å². The Hall–Kier alpha value is -2.70. The molecule has 1 fully saturated rings. The van der Waals surface area contributed by atoms with Crippen LogP contribution in [-0.4, -0.2) is 53.5 Å². The second kappa shape index (κ2) is 7.04. The minimum absolute atomic E-state index is 0.0305. The Morgan fingerprint density at radius 2 is 1.74 bits per heavy atom. The number of carbonyl (C=O) groups excluding carboxylic acids is 1. The number of nitrogens with zero attached hydrogens (tertiary/aromatic N) is 4. The third kappa shape index (κ3) is 3.94. The Morgan fingerprint density at radius 1 is 1.09 bits per heavy atom. The number of piperazine rings is 1. The molecule has 0 saturated carbocycles. The van der Waals surface area contributed by atoms with Crippen molar-refractivity contribution in [1.82, 2.24) is 14.9 Å². The number of nitrogens with one attached hydrogen (secondary N) is 1. The summed E-state index contributed by atoms with van der Waals surface area (Å²) in [6.45, 7) is 2.91. The van der Waals surface area contributed by atoms with Crippen LogP contribution >= 0.6 is 0 Å². The summed E-state index contributed by atoms with van der Waals surface area (Å²) in [6.07, 6.45) is 3.43. The zero-order valence-corrected chi connectivity index (χ0v) is 12.7. The quantitative estimate of drug-likeness (QED) is 0.923. The zero-order chi connectivity index (χ0) is 16.1. The minimum Gasteiger partial charge on any atom is -0.376 e. The Labute approximate surface area is 134 Å². The Balaban J connectivity index is 1.47. The first-order valence-corrected chi connectivity index (χ1v) is 7.51. The van der Waals surface area contributed by atoms with E-state index in [0.717, 1.165) is 5.69 Å². The van der Waals surface area contributed by atoms with Crippen LogP contribution in [0.1, 0.15) is 0 Å². The van der Waals surface area contributed by atoms with Crippen molar-refractivity contribution in [2.45, 2.75) is 0 Å². The molecule has 0 radical (unpaired) electrons. The number of amides is 1. The Bertz CT molecular complexity index is 641. The molecule has 120 valence electrons. The molecule has 2 heterocycles. The lowest BCUT2D eigenvalue weighted by Gasteiger charge is -2.34. The molecule has 0 unspecified atom stereocenters. The summed E-state index contributed by atoms with van der Waals surface area (Å²) in [5, 5.41) is 3.02. The van der Waals surface area contributed by atoms with Crippen LogP contribution in [0.5, 0.6) is 0 Å². The first-order valence-electron chi connectivity index (χ1n) is 7.51. The fraction of sp³-hybridized carbons (Fsp3) is 0.312. The smallest absolute Gasteiger partial charge is 0.241 e. The van der Waals surface area contributed by atoms with Gasteiger partial charge < -0.3 is 15.1 Å². The van der Waals surface area contributed by atoms with Crippen LogP contribution in [0.4, 0.5) is 16.0 Å². The number of hydrogen-bond acceptors (Lipinski definition) is 5. The highest BCUT2D eigenvalue weighted by molar-refractivity contribution is 5.81. The predicted molar refractivity (Wildman–Crippen MR) is 85.7 cm³/mol. The minimum atomic E-state index is -0.291. The summed E-state index contributed by atoms with van der Waals surface area (Å²) in [7, 11) is 0. The lowest BCUT2D eigenvalue weighted by molar-refractivity contribution is -0.129. The van der Waals surface area contributed by atoms with E-state index >= 15 is 0 Å². The van der Waals surface area contributed by atoms with Gasteiger partial charge in [0.05, 0.1) is 6.54 Å². The average molecular weight is 315 g/mol. The van der Waals surface area contributed by atoms with Gasteiger partial charge in [-0.15, -0.1) is 0 Å². The number of hydrogen-bond donors (Lipinski definition) is 1. The van der Waals surface area contributed by atoms with Crippen molar-refractivity contribution in [3.8, 4) is 0 Å². The van der Waals surface area contributed by atoms with E-state index in [1.807, 2.05) is 4.90 Å². The lowest BCUT2D eigenvalue weighted by atomic mass is 10.3. The zero-order valence-electron chi connectivity index (χ0n) is 12.7. The topological polar surface area (TPSA) is 61.4 Å². The highest BCUT2D eigenvalue weighted by Gasteiger charge is 2.22. The number of benzene rings is 1. The summed E-state index contributed by atoms with van der Waals surface area (Å²) in [4.78, 5) is 24.6. The molecule has 0 bridgehead atoms. The Morgan fingerprint density at radius 3 is 2.39 bits per heavy atom. The van der Waals surface area contributed by atoms with E-state index in [2.05, 4.69) is 20.2 Å². The van der Waals surface area contributed by atoms with Crippen molar-refractivity contribution < 1.29 is 9.18 Å². The molecule has 1 aromatic heterocycles. The van der Waals surface area contributed by atoms with E-state index in [-0.39, 0.29) is 18.3 Å². The standard InChI is InChI=1S/C16H18FN5O/c17-13-2-4-14(5-3-13)20-12-15(23)21-8-10-22(11-9-21)16-18-6-1-7-19-16/h1-7,20H,8-12H2. The van der Waals surface area contributed by atoms with Gasteiger partial charge in [0.25, 0.3) is 0 Å². The SMILES string of the molecule is O=C(CNc1ccc(F)cc1)N1CCN(c2ncccn2)CC1. The fourth-order valence-electron chi connectivity index (χ4n) is 2.47. The molecule has 1 aliphatic rings. The lowest BCUT2D eigenvalue weighted by Crippen LogP contribution is -2.50. The van der Waals surface area contributed by atoms with Gasteiger partial charge in [-0.3, -0.25) is 4.79 Å². The highest BCUT2D eigenvalue weighted by Crippen LogP contribution is 2.11. The molecule has 0 spiro atoms. The summed E-state index contributed by atoms with van der Waals surface area (Å²) in [6, 6.07) is 7.75. The average Bonchev–Trinajstić information content (AvgIpc) is 2.62. The third-order valence-corrected chi connectivity index (χ3v) is 3.76. The first kappa shape index (κ1) is 15.2. The second-order valence-electron chi connectivity index (χ2n) is 5.28. The number of carbonyl (C=O) groups is 1. The van der Waals surface area contributed by atoms with Gasteiger partial charge in [-0.25, -0.2) is 14.4 Å². The van der Waals surface area contributed by atoms with Crippen LogP contribution in [0.15, 0.2) is 42.7 Å². The van der Waals surface area contributed by atoms with Gasteiger partial charge in [-0.2, -0.15) is 0 Å². The molecule has 1 amide bonds. The normalized spacial score (nSPS) is 14.7. The maximum Gasteiger partial charge on any atom is 0.241 e. The van der Waals surface area contributed by atoms with Crippen molar-refractivity contribution in [3.05, 3.63) is 48.5 Å². The largest absolute Gasteiger partial charge is 0.376 e. The summed E-state index contributed by atoms with van der Waals surface area (Å²) < 4.78 is 12.8. The molecule has 1 aliphatic heterocycles. The van der Waals surface area contributed by atoms with Gasteiger partial charge in [0.2, 0.25) is 11.9 Å². The number of anilines is 2. The maximum atomic E-state index is 12.8. The fourth-order valence-corrected chi connectivity index (χ4v) is 2.47. The molecular formula is C16H18FN5O. The van der Waals surface area contributed by atoms with Crippen LogP contribution in [-0.2, 0) is 4.79 Å². The van der Waals surface area contributed by atoms with E-state index in [0.29, 0.717) is 32.1 Å². The molecule has 1 aromatic carbocycles.